The van der Waals surface area contributed by atoms with Crippen molar-refractivity contribution in [3.63, 3.8) is 0 Å². The number of hydrogen-bond donors (Lipinski definition) is 0. The summed E-state index contributed by atoms with van der Waals surface area (Å²) < 4.78 is 18.2. The van der Waals surface area contributed by atoms with E-state index in [1.807, 2.05) is 12.1 Å². The van der Waals surface area contributed by atoms with E-state index in [2.05, 4.69) is 264 Å². The predicted octanol–water partition coefficient (Wildman–Crippen LogP) is 20.0. The van der Waals surface area contributed by atoms with Crippen LogP contribution < -0.4 is 0 Å². The Balaban J connectivity index is 0.929. The summed E-state index contributed by atoms with van der Waals surface area (Å²) in [5.74, 6) is 0. The fourth-order valence-electron chi connectivity index (χ4n) is 12.3. The number of nitrogens with zero attached hydrogens (tertiary/aromatic N) is 2. The Kier molecular flexibility index (Phi) is 9.30. The first-order chi connectivity index (χ1) is 37.7. The molecule has 4 heteroatoms. The molecule has 354 valence electrons. The van der Waals surface area contributed by atoms with Gasteiger partial charge < -0.3 is 18.0 Å². The molecule has 4 heterocycles. The minimum absolute atomic E-state index is 0.888. The molecule has 76 heavy (non-hydrogen) atoms. The molecule has 0 radical (unpaired) electrons. The third kappa shape index (κ3) is 6.44. The summed E-state index contributed by atoms with van der Waals surface area (Å²) in [7, 11) is 0. The van der Waals surface area contributed by atoms with Gasteiger partial charge in [-0.05, 0) is 106 Å². The molecule has 12 aromatic carbocycles. The zero-order chi connectivity index (χ0) is 49.8. The van der Waals surface area contributed by atoms with Crippen molar-refractivity contribution in [3.8, 4) is 67.0 Å². The van der Waals surface area contributed by atoms with Crippen LogP contribution in [0.25, 0.3) is 154 Å². The predicted molar refractivity (Wildman–Crippen MR) is 317 cm³/mol. The average Bonchev–Trinajstić information content (AvgIpc) is 4.27. The van der Waals surface area contributed by atoms with Crippen LogP contribution in [-0.4, -0.2) is 9.13 Å². The van der Waals surface area contributed by atoms with Gasteiger partial charge in [0.25, 0.3) is 0 Å². The second-order valence-corrected chi connectivity index (χ2v) is 19.9. The van der Waals surface area contributed by atoms with Gasteiger partial charge >= 0.3 is 0 Å². The molecule has 0 bridgehead atoms. The molecule has 16 aromatic rings. The summed E-state index contributed by atoms with van der Waals surface area (Å²) in [5, 5.41) is 9.18. The smallest absolute Gasteiger partial charge is 0.143 e. The van der Waals surface area contributed by atoms with Crippen LogP contribution in [0.1, 0.15) is 0 Å². The molecular weight excluding hydrogens is 925 g/mol. The van der Waals surface area contributed by atoms with Crippen molar-refractivity contribution in [2.75, 3.05) is 0 Å². The molecule has 0 N–H and O–H groups in total. The van der Waals surface area contributed by atoms with E-state index in [0.717, 1.165) is 121 Å². The summed E-state index contributed by atoms with van der Waals surface area (Å²) in [4.78, 5) is 0. The van der Waals surface area contributed by atoms with E-state index in [-0.39, 0.29) is 0 Å². The molecule has 16 rings (SSSR count). The van der Waals surface area contributed by atoms with Crippen LogP contribution in [0.3, 0.4) is 0 Å². The van der Waals surface area contributed by atoms with Crippen LogP contribution in [0, 0.1) is 0 Å². The summed E-state index contributed by atoms with van der Waals surface area (Å²) in [5.41, 5.74) is 21.6. The zero-order valence-electron chi connectivity index (χ0n) is 41.1. The summed E-state index contributed by atoms with van der Waals surface area (Å²) in [6.45, 7) is 0. The summed E-state index contributed by atoms with van der Waals surface area (Å²) >= 11 is 0. The van der Waals surface area contributed by atoms with Gasteiger partial charge in [-0.1, -0.05) is 194 Å². The number of furan rings is 2. The fourth-order valence-corrected chi connectivity index (χ4v) is 12.3. The van der Waals surface area contributed by atoms with E-state index in [0.29, 0.717) is 0 Å². The lowest BCUT2D eigenvalue weighted by molar-refractivity contribution is 0.669. The van der Waals surface area contributed by atoms with Crippen molar-refractivity contribution in [2.45, 2.75) is 0 Å². The van der Waals surface area contributed by atoms with Gasteiger partial charge in [-0.3, -0.25) is 0 Å². The van der Waals surface area contributed by atoms with Gasteiger partial charge in [0.15, 0.2) is 0 Å². The molecule has 0 aliphatic rings. The first kappa shape index (κ1) is 42.4. The lowest BCUT2D eigenvalue weighted by Crippen LogP contribution is -2.01. The van der Waals surface area contributed by atoms with Gasteiger partial charge in [0, 0.05) is 65.3 Å². The highest BCUT2D eigenvalue weighted by atomic mass is 16.3. The van der Waals surface area contributed by atoms with Crippen LogP contribution in [0.5, 0.6) is 0 Å². The molecule has 4 nitrogen and oxygen atoms in total. The zero-order valence-corrected chi connectivity index (χ0v) is 41.1. The highest BCUT2D eigenvalue weighted by Crippen LogP contribution is 2.45. The van der Waals surface area contributed by atoms with Gasteiger partial charge in [0.2, 0.25) is 0 Å². The highest BCUT2D eigenvalue weighted by Gasteiger charge is 2.23. The maximum atomic E-state index is 6.65. The fraction of sp³-hybridized carbons (Fsp3) is 0. The van der Waals surface area contributed by atoms with Crippen molar-refractivity contribution < 1.29 is 8.83 Å². The van der Waals surface area contributed by atoms with Gasteiger partial charge in [0.1, 0.15) is 22.3 Å². The molecule has 0 atom stereocenters. The van der Waals surface area contributed by atoms with Gasteiger partial charge in [-0.2, -0.15) is 0 Å². The van der Waals surface area contributed by atoms with Crippen LogP contribution in [0.2, 0.25) is 0 Å². The van der Waals surface area contributed by atoms with Crippen LogP contribution >= 0.6 is 0 Å². The molecule has 0 fully saturated rings. The molecule has 0 spiro atoms. The van der Waals surface area contributed by atoms with Crippen LogP contribution in [0.4, 0.5) is 0 Å². The SMILES string of the molecule is c1ccc(-c2ccc3c(c2)c2cc(-c4ccccc4)ccc2n3-c2ccccc2-c2ccccc2-n2c3ccc(-c4cccc5c4oc4ccccc45)cc3c3cc(-c4cccc5c4oc4ccccc45)ccc32)cc1. The topological polar surface area (TPSA) is 36.1 Å². The first-order valence-electron chi connectivity index (χ1n) is 26.0. The maximum Gasteiger partial charge on any atom is 0.143 e. The number of aromatic nitrogens is 2. The average molecular weight is 969 g/mol. The molecule has 0 aliphatic carbocycles. The number of benzene rings is 12. The van der Waals surface area contributed by atoms with Gasteiger partial charge in [-0.15, -0.1) is 0 Å². The van der Waals surface area contributed by atoms with Gasteiger partial charge in [-0.25, -0.2) is 0 Å². The Morgan fingerprint density at radius 1 is 0.211 bits per heavy atom. The molecule has 0 saturated carbocycles. The van der Waals surface area contributed by atoms with E-state index in [1.54, 1.807) is 0 Å². The quantitative estimate of drug-likeness (QED) is 0.160. The molecule has 0 aliphatic heterocycles. The second-order valence-electron chi connectivity index (χ2n) is 19.9. The minimum atomic E-state index is 0.888. The number of hydrogen-bond acceptors (Lipinski definition) is 2. The maximum absolute atomic E-state index is 6.65. The first-order valence-corrected chi connectivity index (χ1v) is 26.0. The van der Waals surface area contributed by atoms with Crippen molar-refractivity contribution >= 4 is 87.5 Å². The Morgan fingerprint density at radius 2 is 0.539 bits per heavy atom. The number of rotatable bonds is 7. The number of fused-ring (bicyclic) bond motifs is 12. The largest absolute Gasteiger partial charge is 0.455 e. The van der Waals surface area contributed by atoms with Crippen molar-refractivity contribution in [3.05, 3.63) is 267 Å². The Labute approximate surface area is 437 Å². The summed E-state index contributed by atoms with van der Waals surface area (Å²) in [6, 6.07) is 96.6. The third-order valence-corrected chi connectivity index (χ3v) is 15.8. The summed E-state index contributed by atoms with van der Waals surface area (Å²) in [6.07, 6.45) is 0. The highest BCUT2D eigenvalue weighted by molar-refractivity contribution is 6.17. The Morgan fingerprint density at radius 3 is 0.974 bits per heavy atom. The van der Waals surface area contributed by atoms with Crippen molar-refractivity contribution in [1.29, 1.82) is 0 Å². The number of para-hydroxylation sites is 6. The van der Waals surface area contributed by atoms with Gasteiger partial charge in [0.05, 0.1) is 33.4 Å². The van der Waals surface area contributed by atoms with E-state index >= 15 is 0 Å². The molecule has 0 unspecified atom stereocenters. The monoisotopic (exact) mass is 968 g/mol. The van der Waals surface area contributed by atoms with E-state index < -0.39 is 0 Å². The standard InChI is InChI=1S/C72H44N2O2/c1-3-17-45(18-4-1)47-33-37-65-59(41-47)60-42-48(46-19-5-2-6-20-46)34-38-66(60)73(65)63-29-11-7-21-53(63)54-22-8-12-30-64(54)74-67-39-35-49(51-25-15-27-57-55-23-9-13-31-69(55)75-71(51)57)43-61(67)62-44-50(36-40-68(62)74)52-26-16-28-58-56-24-10-14-32-70(56)76-72(52)58/h1-44H. The van der Waals surface area contributed by atoms with Crippen molar-refractivity contribution in [2.24, 2.45) is 0 Å². The van der Waals surface area contributed by atoms with E-state index in [9.17, 15) is 0 Å². The van der Waals surface area contributed by atoms with E-state index in [1.165, 1.54) is 33.0 Å². The van der Waals surface area contributed by atoms with Crippen LogP contribution in [-0.2, 0) is 0 Å². The molecule has 4 aromatic heterocycles. The molecule has 0 saturated heterocycles. The Bertz CT molecular complexity index is 4720. The minimum Gasteiger partial charge on any atom is -0.455 e. The lowest BCUT2D eigenvalue weighted by Gasteiger charge is -2.18. The molecule has 0 amide bonds. The second kappa shape index (κ2) is 16.7. The third-order valence-electron chi connectivity index (χ3n) is 15.8. The normalized spacial score (nSPS) is 11.9. The molecular formula is C72H44N2O2. The van der Waals surface area contributed by atoms with Crippen molar-refractivity contribution in [1.82, 2.24) is 9.13 Å². The van der Waals surface area contributed by atoms with E-state index in [4.69, 9.17) is 8.83 Å². The Hall–Kier alpha value is -10.2. The lowest BCUT2D eigenvalue weighted by atomic mass is 9.98. The van der Waals surface area contributed by atoms with Crippen LogP contribution in [0.15, 0.2) is 276 Å².